The molecule has 0 saturated carbocycles. The van der Waals surface area contributed by atoms with Gasteiger partial charge in [-0.15, -0.1) is 0 Å². The Labute approximate surface area is 116 Å². The summed E-state index contributed by atoms with van der Waals surface area (Å²) in [6, 6.07) is 12.9. The summed E-state index contributed by atoms with van der Waals surface area (Å²) in [6.07, 6.45) is 0. The van der Waals surface area contributed by atoms with E-state index in [2.05, 4.69) is 0 Å². The van der Waals surface area contributed by atoms with E-state index in [-0.39, 0.29) is 0 Å². The van der Waals surface area contributed by atoms with Crippen molar-refractivity contribution in [3.05, 3.63) is 63.6 Å². The van der Waals surface area contributed by atoms with Gasteiger partial charge in [0.2, 0.25) is 0 Å². The topological polar surface area (TPSA) is 35.2 Å². The van der Waals surface area contributed by atoms with Crippen LogP contribution in [0.5, 0.6) is 0 Å². The Kier molecular flexibility index (Phi) is 4.48. The third-order valence-corrected chi connectivity index (χ3v) is 3.28. The van der Waals surface area contributed by atoms with Crippen molar-refractivity contribution >= 4 is 28.9 Å². The molecule has 0 fully saturated rings. The van der Waals surface area contributed by atoms with E-state index >= 15 is 0 Å². The molecule has 0 heterocycles. The molecule has 0 aliphatic carbocycles. The van der Waals surface area contributed by atoms with E-state index in [9.17, 15) is 0 Å². The Bertz CT molecular complexity index is 543. The van der Waals surface area contributed by atoms with Crippen LogP contribution < -0.4 is 5.73 Å². The summed E-state index contributed by atoms with van der Waals surface area (Å²) in [5.74, 6) is 0. The van der Waals surface area contributed by atoms with Crippen LogP contribution in [0.2, 0.25) is 10.0 Å². The fourth-order valence-corrected chi connectivity index (χ4v) is 1.95. The second-order valence-electron chi connectivity index (χ2n) is 3.94. The summed E-state index contributed by atoms with van der Waals surface area (Å²) in [5, 5.41) is 1.36. The molecule has 0 bridgehead atoms. The fraction of sp³-hybridized carbons (Fsp3) is 0.143. The summed E-state index contributed by atoms with van der Waals surface area (Å²) < 4.78 is 5.60. The number of nitrogen functional groups attached to an aromatic ring is 1. The van der Waals surface area contributed by atoms with Gasteiger partial charge in [0.1, 0.15) is 0 Å². The molecule has 2 nitrogen and oxygen atoms in total. The molecular formula is C14H13Cl2NO. The highest BCUT2D eigenvalue weighted by atomic mass is 35.5. The average molecular weight is 282 g/mol. The molecule has 0 aromatic heterocycles. The predicted octanol–water partition coefficient (Wildman–Crippen LogP) is 4.29. The minimum Gasteiger partial charge on any atom is -0.399 e. The van der Waals surface area contributed by atoms with Crippen LogP contribution in [0.1, 0.15) is 11.1 Å². The predicted molar refractivity (Wildman–Crippen MR) is 75.8 cm³/mol. The molecule has 2 rings (SSSR count). The summed E-state index contributed by atoms with van der Waals surface area (Å²) in [7, 11) is 0. The lowest BCUT2D eigenvalue weighted by molar-refractivity contribution is 0.107. The standard InChI is InChI=1S/C14H13Cl2NO/c15-13-4-2-1-3-10(13)8-18-9-11-7-12(17)5-6-14(11)16/h1-7H,8-9,17H2. The molecule has 0 unspecified atom stereocenters. The third-order valence-electron chi connectivity index (χ3n) is 2.54. The van der Waals surface area contributed by atoms with Crippen molar-refractivity contribution in [3.63, 3.8) is 0 Å². The van der Waals surface area contributed by atoms with Crippen molar-refractivity contribution in [2.24, 2.45) is 0 Å². The van der Waals surface area contributed by atoms with Crippen molar-refractivity contribution in [1.82, 2.24) is 0 Å². The van der Waals surface area contributed by atoms with Gasteiger partial charge in [-0.1, -0.05) is 41.4 Å². The Morgan fingerprint density at radius 3 is 2.33 bits per heavy atom. The molecule has 2 aromatic carbocycles. The number of hydrogen-bond donors (Lipinski definition) is 1. The Hall–Kier alpha value is -1.22. The fourth-order valence-electron chi connectivity index (χ4n) is 1.59. The highest BCUT2D eigenvalue weighted by molar-refractivity contribution is 6.31. The summed E-state index contributed by atoms with van der Waals surface area (Å²) in [6.45, 7) is 0.861. The van der Waals surface area contributed by atoms with Gasteiger partial charge in [-0.2, -0.15) is 0 Å². The summed E-state index contributed by atoms with van der Waals surface area (Å²) in [5.41, 5.74) is 8.21. The highest BCUT2D eigenvalue weighted by Gasteiger charge is 2.03. The lowest BCUT2D eigenvalue weighted by atomic mass is 10.2. The van der Waals surface area contributed by atoms with Gasteiger partial charge in [-0.05, 0) is 35.4 Å². The Morgan fingerprint density at radius 2 is 1.56 bits per heavy atom. The molecular weight excluding hydrogens is 269 g/mol. The van der Waals surface area contributed by atoms with Crippen LogP contribution in [0.15, 0.2) is 42.5 Å². The molecule has 18 heavy (non-hydrogen) atoms. The van der Waals surface area contributed by atoms with Crippen LogP contribution in [0, 0.1) is 0 Å². The maximum absolute atomic E-state index is 6.05. The molecule has 0 aliphatic rings. The summed E-state index contributed by atoms with van der Waals surface area (Å²) in [4.78, 5) is 0. The molecule has 4 heteroatoms. The number of benzene rings is 2. The van der Waals surface area contributed by atoms with Gasteiger partial charge in [0, 0.05) is 15.7 Å². The molecule has 0 saturated heterocycles. The van der Waals surface area contributed by atoms with Gasteiger partial charge >= 0.3 is 0 Å². The van der Waals surface area contributed by atoms with Crippen molar-refractivity contribution in [2.45, 2.75) is 13.2 Å². The zero-order valence-electron chi connectivity index (χ0n) is 9.70. The average Bonchev–Trinajstić information content (AvgIpc) is 2.36. The largest absolute Gasteiger partial charge is 0.399 e. The zero-order chi connectivity index (χ0) is 13.0. The number of rotatable bonds is 4. The number of ether oxygens (including phenoxy) is 1. The lowest BCUT2D eigenvalue weighted by Crippen LogP contribution is -1.97. The SMILES string of the molecule is Nc1ccc(Cl)c(COCc2ccccc2Cl)c1. The molecule has 0 amide bonds. The Balaban J connectivity index is 1.96. The van der Waals surface area contributed by atoms with E-state index in [0.29, 0.717) is 28.9 Å². The number of anilines is 1. The first-order valence-corrected chi connectivity index (χ1v) is 6.27. The Morgan fingerprint density at radius 1 is 0.889 bits per heavy atom. The molecule has 0 atom stereocenters. The van der Waals surface area contributed by atoms with Gasteiger partial charge < -0.3 is 10.5 Å². The summed E-state index contributed by atoms with van der Waals surface area (Å²) >= 11 is 12.1. The van der Waals surface area contributed by atoms with Gasteiger partial charge in [-0.25, -0.2) is 0 Å². The number of nitrogens with two attached hydrogens (primary N) is 1. The van der Waals surface area contributed by atoms with Crippen LogP contribution in [0.25, 0.3) is 0 Å². The van der Waals surface area contributed by atoms with Gasteiger partial charge in [-0.3, -0.25) is 0 Å². The molecule has 2 aromatic rings. The van der Waals surface area contributed by atoms with Crippen molar-refractivity contribution < 1.29 is 4.74 Å². The van der Waals surface area contributed by atoms with Crippen molar-refractivity contribution in [3.8, 4) is 0 Å². The molecule has 94 valence electrons. The van der Waals surface area contributed by atoms with E-state index in [4.69, 9.17) is 33.7 Å². The van der Waals surface area contributed by atoms with Gasteiger partial charge in [0.05, 0.1) is 13.2 Å². The van der Waals surface area contributed by atoms with Crippen molar-refractivity contribution in [2.75, 3.05) is 5.73 Å². The van der Waals surface area contributed by atoms with E-state index in [1.54, 1.807) is 12.1 Å². The van der Waals surface area contributed by atoms with E-state index in [1.165, 1.54) is 0 Å². The quantitative estimate of drug-likeness (QED) is 0.849. The first-order chi connectivity index (χ1) is 8.66. The van der Waals surface area contributed by atoms with Crippen LogP contribution in [-0.2, 0) is 18.0 Å². The van der Waals surface area contributed by atoms with E-state index in [0.717, 1.165) is 11.1 Å². The second-order valence-corrected chi connectivity index (χ2v) is 4.75. The van der Waals surface area contributed by atoms with Crippen LogP contribution in [-0.4, -0.2) is 0 Å². The molecule has 0 aliphatic heterocycles. The molecule has 0 spiro atoms. The first-order valence-electron chi connectivity index (χ1n) is 5.52. The van der Waals surface area contributed by atoms with Crippen LogP contribution in [0.4, 0.5) is 5.69 Å². The first kappa shape index (κ1) is 13.2. The maximum atomic E-state index is 6.05. The van der Waals surface area contributed by atoms with Gasteiger partial charge in [0.25, 0.3) is 0 Å². The van der Waals surface area contributed by atoms with E-state index < -0.39 is 0 Å². The molecule has 0 radical (unpaired) electrons. The second kappa shape index (κ2) is 6.10. The lowest BCUT2D eigenvalue weighted by Gasteiger charge is -2.08. The minimum absolute atomic E-state index is 0.412. The molecule has 2 N–H and O–H groups in total. The monoisotopic (exact) mass is 281 g/mol. The van der Waals surface area contributed by atoms with Gasteiger partial charge in [0.15, 0.2) is 0 Å². The number of hydrogen-bond acceptors (Lipinski definition) is 2. The van der Waals surface area contributed by atoms with Crippen molar-refractivity contribution in [1.29, 1.82) is 0 Å². The third kappa shape index (κ3) is 3.39. The normalized spacial score (nSPS) is 10.6. The van der Waals surface area contributed by atoms with Crippen LogP contribution >= 0.6 is 23.2 Å². The maximum Gasteiger partial charge on any atom is 0.0736 e. The van der Waals surface area contributed by atoms with Crippen LogP contribution in [0.3, 0.4) is 0 Å². The number of halogens is 2. The minimum atomic E-state index is 0.412. The zero-order valence-corrected chi connectivity index (χ0v) is 11.2. The van der Waals surface area contributed by atoms with E-state index in [1.807, 2.05) is 30.3 Å². The smallest absolute Gasteiger partial charge is 0.0736 e. The highest BCUT2D eigenvalue weighted by Crippen LogP contribution is 2.21.